The second-order valence-corrected chi connectivity index (χ2v) is 4.49. The summed E-state index contributed by atoms with van der Waals surface area (Å²) in [6, 6.07) is 14.8. The van der Waals surface area contributed by atoms with Crippen molar-refractivity contribution in [2.24, 2.45) is 0 Å². The van der Waals surface area contributed by atoms with E-state index in [1.54, 1.807) is 12.1 Å². The Morgan fingerprint density at radius 3 is 1.95 bits per heavy atom. The molecule has 0 unspecified atom stereocenters. The molecule has 0 aliphatic rings. The van der Waals surface area contributed by atoms with E-state index in [9.17, 15) is 9.59 Å². The smallest absolute Gasteiger partial charge is 0.307 e. The summed E-state index contributed by atoms with van der Waals surface area (Å²) in [7, 11) is 0. The first-order chi connectivity index (χ1) is 9.56. The van der Waals surface area contributed by atoms with Crippen LogP contribution in [-0.2, 0) is 22.4 Å². The molecule has 2 rings (SSSR count). The summed E-state index contributed by atoms with van der Waals surface area (Å²) in [5.41, 5.74) is 2.94. The molecular formula is C16H14O4. The summed E-state index contributed by atoms with van der Waals surface area (Å²) in [5.74, 6) is -1.94. The van der Waals surface area contributed by atoms with Crippen LogP contribution in [0.2, 0.25) is 0 Å². The van der Waals surface area contributed by atoms with Gasteiger partial charge in [0.25, 0.3) is 0 Å². The van der Waals surface area contributed by atoms with E-state index in [1.807, 2.05) is 36.4 Å². The van der Waals surface area contributed by atoms with E-state index in [0.717, 1.165) is 11.1 Å². The van der Waals surface area contributed by atoms with Gasteiger partial charge >= 0.3 is 11.9 Å². The SMILES string of the molecule is O=C(O)Cc1ccc(-c2ccccc2)cc1CC(=O)O. The number of rotatable bonds is 5. The van der Waals surface area contributed by atoms with E-state index in [2.05, 4.69) is 0 Å². The highest BCUT2D eigenvalue weighted by Crippen LogP contribution is 2.23. The molecule has 0 amide bonds. The molecule has 4 nitrogen and oxygen atoms in total. The van der Waals surface area contributed by atoms with Gasteiger partial charge in [0.15, 0.2) is 0 Å². The molecule has 0 radical (unpaired) electrons. The highest BCUT2D eigenvalue weighted by atomic mass is 16.4. The molecule has 0 fully saturated rings. The number of benzene rings is 2. The molecule has 4 heteroatoms. The Morgan fingerprint density at radius 2 is 1.35 bits per heavy atom. The minimum absolute atomic E-state index is 0.169. The lowest BCUT2D eigenvalue weighted by Crippen LogP contribution is -2.08. The quantitative estimate of drug-likeness (QED) is 0.875. The van der Waals surface area contributed by atoms with Gasteiger partial charge in [0, 0.05) is 0 Å². The largest absolute Gasteiger partial charge is 0.481 e. The van der Waals surface area contributed by atoms with E-state index in [1.165, 1.54) is 0 Å². The first-order valence-corrected chi connectivity index (χ1v) is 6.17. The maximum absolute atomic E-state index is 10.9. The molecule has 0 saturated heterocycles. The molecule has 0 bridgehead atoms. The molecule has 20 heavy (non-hydrogen) atoms. The van der Waals surface area contributed by atoms with Crippen LogP contribution in [0.3, 0.4) is 0 Å². The Bertz CT molecular complexity index is 632. The van der Waals surface area contributed by atoms with Gasteiger partial charge in [0.2, 0.25) is 0 Å². The molecule has 0 saturated carbocycles. The van der Waals surface area contributed by atoms with Crippen molar-refractivity contribution in [3.63, 3.8) is 0 Å². The molecule has 2 N–H and O–H groups in total. The second kappa shape index (κ2) is 6.02. The van der Waals surface area contributed by atoms with E-state index >= 15 is 0 Å². The molecule has 0 aliphatic carbocycles. The van der Waals surface area contributed by atoms with E-state index in [0.29, 0.717) is 11.1 Å². The fourth-order valence-electron chi connectivity index (χ4n) is 2.10. The lowest BCUT2D eigenvalue weighted by molar-refractivity contribution is -0.137. The molecule has 2 aromatic rings. The van der Waals surface area contributed by atoms with E-state index < -0.39 is 11.9 Å². The third-order valence-corrected chi connectivity index (χ3v) is 3.00. The van der Waals surface area contributed by atoms with Gasteiger partial charge in [-0.1, -0.05) is 48.5 Å². The van der Waals surface area contributed by atoms with Gasteiger partial charge in [0.1, 0.15) is 0 Å². The van der Waals surface area contributed by atoms with Crippen LogP contribution in [0, 0.1) is 0 Å². The predicted molar refractivity (Wildman–Crippen MR) is 74.6 cm³/mol. The Balaban J connectivity index is 2.42. The van der Waals surface area contributed by atoms with Crippen LogP contribution in [0.1, 0.15) is 11.1 Å². The molecular weight excluding hydrogens is 256 g/mol. The van der Waals surface area contributed by atoms with Crippen LogP contribution >= 0.6 is 0 Å². The Hall–Kier alpha value is -2.62. The minimum atomic E-state index is -0.971. The third kappa shape index (κ3) is 3.45. The van der Waals surface area contributed by atoms with Crippen LogP contribution < -0.4 is 0 Å². The van der Waals surface area contributed by atoms with Crippen molar-refractivity contribution in [3.8, 4) is 11.1 Å². The summed E-state index contributed by atoms with van der Waals surface area (Å²) in [4.78, 5) is 21.7. The normalized spacial score (nSPS) is 10.2. The first kappa shape index (κ1) is 13.8. The number of hydrogen-bond donors (Lipinski definition) is 2. The lowest BCUT2D eigenvalue weighted by Gasteiger charge is -2.09. The van der Waals surface area contributed by atoms with Crippen molar-refractivity contribution in [1.82, 2.24) is 0 Å². The van der Waals surface area contributed by atoms with Crippen LogP contribution in [0.4, 0.5) is 0 Å². The number of hydrogen-bond acceptors (Lipinski definition) is 2. The topological polar surface area (TPSA) is 74.6 Å². The van der Waals surface area contributed by atoms with Crippen molar-refractivity contribution < 1.29 is 19.8 Å². The summed E-state index contributed by atoms with van der Waals surface area (Å²) in [6.07, 6.45) is -0.346. The average Bonchev–Trinajstić information content (AvgIpc) is 2.40. The minimum Gasteiger partial charge on any atom is -0.481 e. The fraction of sp³-hybridized carbons (Fsp3) is 0.125. The summed E-state index contributed by atoms with van der Waals surface area (Å²) < 4.78 is 0. The average molecular weight is 270 g/mol. The summed E-state index contributed by atoms with van der Waals surface area (Å²) in [6.45, 7) is 0. The Labute approximate surface area is 116 Å². The molecule has 2 aromatic carbocycles. The zero-order chi connectivity index (χ0) is 14.5. The van der Waals surface area contributed by atoms with Crippen molar-refractivity contribution >= 4 is 11.9 Å². The van der Waals surface area contributed by atoms with E-state index in [4.69, 9.17) is 10.2 Å². The zero-order valence-corrected chi connectivity index (χ0v) is 10.7. The number of carboxylic acids is 2. The molecule has 0 aliphatic heterocycles. The van der Waals surface area contributed by atoms with Gasteiger partial charge in [-0.05, 0) is 22.3 Å². The summed E-state index contributed by atoms with van der Waals surface area (Å²) in [5, 5.41) is 17.8. The second-order valence-electron chi connectivity index (χ2n) is 4.49. The van der Waals surface area contributed by atoms with Crippen molar-refractivity contribution in [1.29, 1.82) is 0 Å². The Morgan fingerprint density at radius 1 is 0.750 bits per heavy atom. The van der Waals surface area contributed by atoms with E-state index in [-0.39, 0.29) is 12.8 Å². The van der Waals surface area contributed by atoms with Crippen molar-refractivity contribution in [2.75, 3.05) is 0 Å². The summed E-state index contributed by atoms with van der Waals surface area (Å²) >= 11 is 0. The number of carbonyl (C=O) groups is 2. The highest BCUT2D eigenvalue weighted by Gasteiger charge is 2.11. The van der Waals surface area contributed by atoms with Gasteiger partial charge in [-0.25, -0.2) is 0 Å². The van der Waals surface area contributed by atoms with Gasteiger partial charge in [-0.3, -0.25) is 9.59 Å². The standard InChI is InChI=1S/C16H14O4/c17-15(18)9-13-7-6-12(8-14(13)10-16(19)20)11-4-2-1-3-5-11/h1-8H,9-10H2,(H,17,18)(H,19,20). The van der Waals surface area contributed by atoms with Crippen molar-refractivity contribution in [2.45, 2.75) is 12.8 Å². The molecule has 0 spiro atoms. The predicted octanol–water partition coefficient (Wildman–Crippen LogP) is 2.61. The van der Waals surface area contributed by atoms with Gasteiger partial charge in [-0.2, -0.15) is 0 Å². The van der Waals surface area contributed by atoms with Gasteiger partial charge in [0.05, 0.1) is 12.8 Å². The lowest BCUT2D eigenvalue weighted by atomic mass is 9.96. The monoisotopic (exact) mass is 270 g/mol. The fourth-order valence-corrected chi connectivity index (χ4v) is 2.10. The Kier molecular flexibility index (Phi) is 4.15. The molecule has 0 aromatic heterocycles. The molecule has 0 heterocycles. The van der Waals surface area contributed by atoms with Crippen LogP contribution in [-0.4, -0.2) is 22.2 Å². The maximum atomic E-state index is 10.9. The maximum Gasteiger partial charge on any atom is 0.307 e. The van der Waals surface area contributed by atoms with Crippen LogP contribution in [0.5, 0.6) is 0 Å². The van der Waals surface area contributed by atoms with Crippen LogP contribution in [0.25, 0.3) is 11.1 Å². The zero-order valence-electron chi connectivity index (χ0n) is 10.7. The van der Waals surface area contributed by atoms with Gasteiger partial charge < -0.3 is 10.2 Å². The molecule has 102 valence electrons. The number of aliphatic carboxylic acids is 2. The first-order valence-electron chi connectivity index (χ1n) is 6.17. The molecule has 0 atom stereocenters. The van der Waals surface area contributed by atoms with Gasteiger partial charge in [-0.15, -0.1) is 0 Å². The van der Waals surface area contributed by atoms with Crippen molar-refractivity contribution in [3.05, 3.63) is 59.7 Å². The number of carboxylic acid groups (broad SMARTS) is 2. The highest BCUT2D eigenvalue weighted by molar-refractivity contribution is 5.76. The third-order valence-electron chi connectivity index (χ3n) is 3.00. The van der Waals surface area contributed by atoms with Crippen LogP contribution in [0.15, 0.2) is 48.5 Å².